The molecule has 1 aromatic carbocycles. The lowest BCUT2D eigenvalue weighted by Gasteiger charge is -2.25. The minimum Gasteiger partial charge on any atom is -0.409 e. The summed E-state index contributed by atoms with van der Waals surface area (Å²) in [6.45, 7) is 2.11. The Kier molecular flexibility index (Phi) is 4.27. The molecule has 1 saturated carbocycles. The average molecular weight is 275 g/mol. The highest BCUT2D eigenvalue weighted by atomic mass is 16.4. The number of rotatable bonds is 5. The molecular weight excluding hydrogens is 254 g/mol. The van der Waals surface area contributed by atoms with E-state index in [1.54, 1.807) is 12.1 Å². The molecule has 0 aliphatic heterocycles. The van der Waals surface area contributed by atoms with E-state index >= 15 is 0 Å². The molecule has 1 aliphatic carbocycles. The van der Waals surface area contributed by atoms with Crippen molar-refractivity contribution >= 4 is 11.7 Å². The lowest BCUT2D eigenvalue weighted by molar-refractivity contribution is -0.131. The van der Waals surface area contributed by atoms with Gasteiger partial charge >= 0.3 is 0 Å². The van der Waals surface area contributed by atoms with Crippen molar-refractivity contribution in [1.82, 2.24) is 4.90 Å². The van der Waals surface area contributed by atoms with Gasteiger partial charge in [-0.3, -0.25) is 4.79 Å². The van der Waals surface area contributed by atoms with Crippen molar-refractivity contribution in [2.24, 2.45) is 16.8 Å². The molecule has 108 valence electrons. The molecule has 0 bridgehead atoms. The van der Waals surface area contributed by atoms with Gasteiger partial charge in [0, 0.05) is 18.7 Å². The van der Waals surface area contributed by atoms with Gasteiger partial charge in [-0.2, -0.15) is 0 Å². The maximum Gasteiger partial charge on any atom is 0.226 e. The van der Waals surface area contributed by atoms with E-state index in [-0.39, 0.29) is 11.7 Å². The van der Waals surface area contributed by atoms with E-state index in [1.807, 2.05) is 24.1 Å². The van der Waals surface area contributed by atoms with Gasteiger partial charge in [-0.1, -0.05) is 29.4 Å². The fourth-order valence-electron chi connectivity index (χ4n) is 2.27. The zero-order chi connectivity index (χ0) is 14.7. The molecule has 0 spiro atoms. The van der Waals surface area contributed by atoms with Crippen LogP contribution in [0.25, 0.3) is 0 Å². The molecule has 5 heteroatoms. The van der Waals surface area contributed by atoms with Crippen molar-refractivity contribution in [1.29, 1.82) is 0 Å². The van der Waals surface area contributed by atoms with Crippen molar-refractivity contribution in [2.75, 3.05) is 7.05 Å². The van der Waals surface area contributed by atoms with E-state index in [1.165, 1.54) is 12.8 Å². The number of amides is 1. The quantitative estimate of drug-likeness (QED) is 0.370. The highest BCUT2D eigenvalue weighted by Crippen LogP contribution is 2.34. The number of carbonyl (C=O) groups is 1. The van der Waals surface area contributed by atoms with Crippen LogP contribution in [0.15, 0.2) is 29.4 Å². The van der Waals surface area contributed by atoms with Crippen molar-refractivity contribution < 1.29 is 10.0 Å². The Morgan fingerprint density at radius 2 is 2.05 bits per heavy atom. The van der Waals surface area contributed by atoms with E-state index in [9.17, 15) is 4.79 Å². The molecule has 1 unspecified atom stereocenters. The Balaban J connectivity index is 1.97. The monoisotopic (exact) mass is 275 g/mol. The van der Waals surface area contributed by atoms with E-state index in [4.69, 9.17) is 10.9 Å². The van der Waals surface area contributed by atoms with Crippen LogP contribution in [0.3, 0.4) is 0 Å². The van der Waals surface area contributed by atoms with E-state index in [0.717, 1.165) is 5.56 Å². The fraction of sp³-hybridized carbons (Fsp3) is 0.467. The van der Waals surface area contributed by atoms with Gasteiger partial charge in [0.1, 0.15) is 0 Å². The zero-order valence-corrected chi connectivity index (χ0v) is 11.9. The zero-order valence-electron chi connectivity index (χ0n) is 11.9. The molecular formula is C15H21N3O2. The largest absolute Gasteiger partial charge is 0.409 e. The normalized spacial score (nSPS) is 16.8. The van der Waals surface area contributed by atoms with Gasteiger partial charge < -0.3 is 15.8 Å². The first-order valence-corrected chi connectivity index (χ1v) is 6.85. The van der Waals surface area contributed by atoms with Crippen molar-refractivity contribution in [3.8, 4) is 0 Å². The summed E-state index contributed by atoms with van der Waals surface area (Å²) in [5, 5.41) is 11.5. The molecule has 0 saturated heterocycles. The molecule has 1 atom stereocenters. The first-order chi connectivity index (χ1) is 9.52. The number of nitrogens with two attached hydrogens (primary N) is 1. The molecule has 20 heavy (non-hydrogen) atoms. The second-order valence-corrected chi connectivity index (χ2v) is 5.44. The Labute approximate surface area is 119 Å². The molecule has 1 aliphatic rings. The van der Waals surface area contributed by atoms with Crippen LogP contribution < -0.4 is 5.73 Å². The van der Waals surface area contributed by atoms with Gasteiger partial charge in [0.05, 0.1) is 6.42 Å². The molecule has 1 amide bonds. The molecule has 0 heterocycles. The van der Waals surface area contributed by atoms with Gasteiger partial charge in [0.15, 0.2) is 5.84 Å². The van der Waals surface area contributed by atoms with Gasteiger partial charge in [0.25, 0.3) is 0 Å². The van der Waals surface area contributed by atoms with Crippen LogP contribution in [0, 0.1) is 5.92 Å². The molecule has 5 nitrogen and oxygen atoms in total. The molecule has 1 aromatic rings. The standard InChI is InChI=1S/C15H21N3O2/c1-10(12-7-8-12)18(2)14(19)9-11-3-5-13(6-4-11)15(16)17-20/h3-6,10,12,20H,7-9H2,1-2H3,(H2,16,17). The number of carbonyl (C=O) groups excluding carboxylic acids is 1. The third-order valence-corrected chi connectivity index (χ3v) is 4.02. The van der Waals surface area contributed by atoms with Crippen molar-refractivity contribution in [3.05, 3.63) is 35.4 Å². The topological polar surface area (TPSA) is 78.9 Å². The Morgan fingerprint density at radius 3 is 2.55 bits per heavy atom. The van der Waals surface area contributed by atoms with Crippen LogP contribution in [0.5, 0.6) is 0 Å². The fourth-order valence-corrected chi connectivity index (χ4v) is 2.27. The van der Waals surface area contributed by atoms with Crippen LogP contribution in [-0.2, 0) is 11.2 Å². The third-order valence-electron chi connectivity index (χ3n) is 4.02. The van der Waals surface area contributed by atoms with E-state index < -0.39 is 0 Å². The Morgan fingerprint density at radius 1 is 1.45 bits per heavy atom. The first-order valence-electron chi connectivity index (χ1n) is 6.85. The Hall–Kier alpha value is -2.04. The number of likely N-dealkylation sites (N-methyl/N-ethyl adjacent to an activating group) is 1. The predicted octanol–water partition coefficient (Wildman–Crippen LogP) is 1.58. The summed E-state index contributed by atoms with van der Waals surface area (Å²) in [7, 11) is 1.87. The van der Waals surface area contributed by atoms with Crippen LogP contribution >= 0.6 is 0 Å². The lowest BCUT2D eigenvalue weighted by Crippen LogP contribution is -2.37. The summed E-state index contributed by atoms with van der Waals surface area (Å²) in [5.74, 6) is 0.871. The van der Waals surface area contributed by atoms with Gasteiger partial charge in [-0.05, 0) is 31.2 Å². The number of oxime groups is 1. The highest BCUT2D eigenvalue weighted by Gasteiger charge is 2.32. The number of nitrogens with zero attached hydrogens (tertiary/aromatic N) is 2. The smallest absolute Gasteiger partial charge is 0.226 e. The Bertz CT molecular complexity index is 506. The summed E-state index contributed by atoms with van der Waals surface area (Å²) in [6.07, 6.45) is 2.84. The minimum atomic E-state index is 0.0716. The van der Waals surface area contributed by atoms with Crippen LogP contribution in [0.4, 0.5) is 0 Å². The second-order valence-electron chi connectivity index (χ2n) is 5.44. The average Bonchev–Trinajstić information content (AvgIpc) is 3.30. The maximum atomic E-state index is 12.2. The third kappa shape index (κ3) is 3.29. The van der Waals surface area contributed by atoms with E-state index in [0.29, 0.717) is 23.9 Å². The van der Waals surface area contributed by atoms with Crippen LogP contribution in [0.1, 0.15) is 30.9 Å². The minimum absolute atomic E-state index is 0.0716. The molecule has 2 rings (SSSR count). The maximum absolute atomic E-state index is 12.2. The van der Waals surface area contributed by atoms with Gasteiger partial charge in [-0.25, -0.2) is 0 Å². The lowest BCUT2D eigenvalue weighted by atomic mass is 10.1. The number of hydrogen-bond acceptors (Lipinski definition) is 3. The second kappa shape index (κ2) is 5.94. The summed E-state index contributed by atoms with van der Waals surface area (Å²) in [6, 6.07) is 7.49. The van der Waals surface area contributed by atoms with Crippen LogP contribution in [-0.4, -0.2) is 34.9 Å². The predicted molar refractivity (Wildman–Crippen MR) is 77.6 cm³/mol. The van der Waals surface area contributed by atoms with E-state index in [2.05, 4.69) is 12.1 Å². The van der Waals surface area contributed by atoms with Gasteiger partial charge in [0.2, 0.25) is 5.91 Å². The molecule has 3 N–H and O–H groups in total. The molecule has 1 fully saturated rings. The number of hydrogen-bond donors (Lipinski definition) is 2. The van der Waals surface area contributed by atoms with Crippen LogP contribution in [0.2, 0.25) is 0 Å². The first kappa shape index (κ1) is 14.4. The highest BCUT2D eigenvalue weighted by molar-refractivity contribution is 5.97. The summed E-state index contributed by atoms with van der Waals surface area (Å²) in [5.41, 5.74) is 7.07. The summed E-state index contributed by atoms with van der Waals surface area (Å²) < 4.78 is 0. The summed E-state index contributed by atoms with van der Waals surface area (Å²) in [4.78, 5) is 14.0. The van der Waals surface area contributed by atoms with Crippen molar-refractivity contribution in [3.63, 3.8) is 0 Å². The summed E-state index contributed by atoms with van der Waals surface area (Å²) >= 11 is 0. The SMILES string of the molecule is CC(C1CC1)N(C)C(=O)Cc1ccc(C(N)=NO)cc1. The number of amidine groups is 1. The molecule has 0 radical (unpaired) electrons. The number of benzene rings is 1. The van der Waals surface area contributed by atoms with Crippen molar-refractivity contribution in [2.45, 2.75) is 32.2 Å². The van der Waals surface area contributed by atoms with Gasteiger partial charge in [-0.15, -0.1) is 0 Å². The molecule has 0 aromatic heterocycles.